The first-order chi connectivity index (χ1) is 13.2. The number of carbonyl (C=O) groups is 1. The number of nitrogens with one attached hydrogen (secondary N) is 1. The molecule has 2 aromatic heterocycles. The minimum atomic E-state index is -0.0664. The van der Waals surface area contributed by atoms with E-state index in [0.29, 0.717) is 18.8 Å². The minimum Gasteiger partial charge on any atom is -0.463 e. The topological polar surface area (TPSA) is 59.6 Å². The SMILES string of the molecule is Cc1ccccc1Cn1c(C(=O)NCCN2CCOCC2)cc2occc21. The van der Waals surface area contributed by atoms with Crippen LogP contribution >= 0.6 is 0 Å². The third-order valence-corrected chi connectivity index (χ3v) is 5.16. The third-order valence-electron chi connectivity index (χ3n) is 5.16. The number of hydrogen-bond donors (Lipinski definition) is 1. The molecule has 1 fully saturated rings. The van der Waals surface area contributed by atoms with Gasteiger partial charge in [0.05, 0.1) is 25.0 Å². The summed E-state index contributed by atoms with van der Waals surface area (Å²) in [4.78, 5) is 15.1. The number of aryl methyl sites for hydroxylation is 1. The number of benzene rings is 1. The minimum absolute atomic E-state index is 0.0664. The molecular formula is C21H25N3O3. The summed E-state index contributed by atoms with van der Waals surface area (Å²) >= 11 is 0. The van der Waals surface area contributed by atoms with E-state index in [9.17, 15) is 4.79 Å². The Balaban J connectivity index is 1.49. The highest BCUT2D eigenvalue weighted by atomic mass is 16.5. The molecule has 1 aromatic carbocycles. The van der Waals surface area contributed by atoms with Crippen LogP contribution in [0.1, 0.15) is 21.6 Å². The summed E-state index contributed by atoms with van der Waals surface area (Å²) in [6, 6.07) is 12.0. The van der Waals surface area contributed by atoms with Gasteiger partial charge in [-0.15, -0.1) is 0 Å². The van der Waals surface area contributed by atoms with Crippen molar-refractivity contribution < 1.29 is 13.9 Å². The van der Waals surface area contributed by atoms with Gasteiger partial charge in [0.15, 0.2) is 5.58 Å². The second kappa shape index (κ2) is 7.98. The molecule has 0 saturated carbocycles. The summed E-state index contributed by atoms with van der Waals surface area (Å²) in [5.74, 6) is -0.0664. The summed E-state index contributed by atoms with van der Waals surface area (Å²) in [6.45, 7) is 7.57. The molecule has 0 spiro atoms. The molecule has 1 N–H and O–H groups in total. The first kappa shape index (κ1) is 17.8. The number of furan rings is 1. The predicted molar refractivity (Wildman–Crippen MR) is 104 cm³/mol. The molecule has 3 aromatic rings. The molecule has 0 radical (unpaired) electrons. The van der Waals surface area contributed by atoms with Gasteiger partial charge in [0.1, 0.15) is 5.69 Å². The number of rotatable bonds is 6. The lowest BCUT2D eigenvalue weighted by Gasteiger charge is -2.26. The lowest BCUT2D eigenvalue weighted by molar-refractivity contribution is 0.0383. The van der Waals surface area contributed by atoms with E-state index in [0.717, 1.165) is 43.9 Å². The van der Waals surface area contributed by atoms with Crippen LogP contribution in [-0.4, -0.2) is 54.8 Å². The van der Waals surface area contributed by atoms with Gasteiger partial charge in [-0.2, -0.15) is 0 Å². The van der Waals surface area contributed by atoms with Gasteiger partial charge in [-0.25, -0.2) is 0 Å². The van der Waals surface area contributed by atoms with Gasteiger partial charge >= 0.3 is 0 Å². The van der Waals surface area contributed by atoms with Crippen LogP contribution in [0.15, 0.2) is 47.1 Å². The molecule has 4 rings (SSSR count). The van der Waals surface area contributed by atoms with E-state index >= 15 is 0 Å². The summed E-state index contributed by atoms with van der Waals surface area (Å²) in [7, 11) is 0. The van der Waals surface area contributed by atoms with Crippen LogP contribution in [0.4, 0.5) is 0 Å². The van der Waals surface area contributed by atoms with E-state index in [1.165, 1.54) is 11.1 Å². The van der Waals surface area contributed by atoms with Crippen LogP contribution in [0.25, 0.3) is 11.1 Å². The highest BCUT2D eigenvalue weighted by Gasteiger charge is 2.18. The second-order valence-corrected chi connectivity index (χ2v) is 6.92. The van der Waals surface area contributed by atoms with Crippen LogP contribution < -0.4 is 5.32 Å². The molecule has 1 amide bonds. The lowest BCUT2D eigenvalue weighted by atomic mass is 10.1. The summed E-state index contributed by atoms with van der Waals surface area (Å²) < 4.78 is 12.9. The highest BCUT2D eigenvalue weighted by molar-refractivity contribution is 5.97. The maximum absolute atomic E-state index is 12.8. The van der Waals surface area contributed by atoms with Crippen molar-refractivity contribution in [3.63, 3.8) is 0 Å². The molecular weight excluding hydrogens is 342 g/mol. The molecule has 6 nitrogen and oxygen atoms in total. The molecule has 0 aliphatic carbocycles. The van der Waals surface area contributed by atoms with Gasteiger partial charge in [-0.05, 0) is 18.1 Å². The number of fused-ring (bicyclic) bond motifs is 1. The van der Waals surface area contributed by atoms with E-state index < -0.39 is 0 Å². The first-order valence-corrected chi connectivity index (χ1v) is 9.42. The number of hydrogen-bond acceptors (Lipinski definition) is 4. The lowest BCUT2D eigenvalue weighted by Crippen LogP contribution is -2.41. The average Bonchev–Trinajstić information content (AvgIpc) is 3.27. The number of nitrogens with zero attached hydrogens (tertiary/aromatic N) is 2. The zero-order valence-corrected chi connectivity index (χ0v) is 15.6. The van der Waals surface area contributed by atoms with E-state index in [-0.39, 0.29) is 5.91 Å². The summed E-state index contributed by atoms with van der Waals surface area (Å²) in [5, 5.41) is 3.05. The van der Waals surface area contributed by atoms with Crippen molar-refractivity contribution >= 4 is 17.0 Å². The van der Waals surface area contributed by atoms with E-state index in [2.05, 4.69) is 29.3 Å². The molecule has 1 aliphatic heterocycles. The zero-order chi connectivity index (χ0) is 18.6. The number of amides is 1. The summed E-state index contributed by atoms with van der Waals surface area (Å²) in [5.41, 5.74) is 4.72. The Morgan fingerprint density at radius 3 is 2.81 bits per heavy atom. The van der Waals surface area contributed by atoms with Crippen molar-refractivity contribution in [2.75, 3.05) is 39.4 Å². The number of ether oxygens (including phenoxy) is 1. The molecule has 1 aliphatic rings. The largest absolute Gasteiger partial charge is 0.463 e. The fourth-order valence-electron chi connectivity index (χ4n) is 3.54. The average molecular weight is 367 g/mol. The fourth-order valence-corrected chi connectivity index (χ4v) is 3.54. The molecule has 0 unspecified atom stereocenters. The van der Waals surface area contributed by atoms with Crippen molar-refractivity contribution in [3.8, 4) is 0 Å². The Kier molecular flexibility index (Phi) is 5.27. The molecule has 0 bridgehead atoms. The molecule has 3 heterocycles. The van der Waals surface area contributed by atoms with Crippen molar-refractivity contribution in [2.24, 2.45) is 0 Å². The molecule has 6 heteroatoms. The van der Waals surface area contributed by atoms with Gasteiger partial charge in [-0.3, -0.25) is 9.69 Å². The maximum atomic E-state index is 12.8. The monoisotopic (exact) mass is 367 g/mol. The van der Waals surface area contributed by atoms with Crippen molar-refractivity contribution in [1.82, 2.24) is 14.8 Å². The Morgan fingerprint density at radius 1 is 1.19 bits per heavy atom. The first-order valence-electron chi connectivity index (χ1n) is 9.42. The zero-order valence-electron chi connectivity index (χ0n) is 15.6. The predicted octanol–water partition coefficient (Wildman–Crippen LogP) is 2.65. The van der Waals surface area contributed by atoms with Gasteiger partial charge < -0.3 is 19.0 Å². The third kappa shape index (κ3) is 3.91. The standard InChI is InChI=1S/C21H25N3O3/c1-16-4-2-3-5-17(16)15-24-18-6-11-27-20(18)14-19(24)21(25)22-7-8-23-9-12-26-13-10-23/h2-6,11,14H,7-10,12-13,15H2,1H3,(H,22,25). The van der Waals surface area contributed by atoms with Crippen molar-refractivity contribution in [3.05, 3.63) is 59.5 Å². The smallest absolute Gasteiger partial charge is 0.268 e. The quantitative estimate of drug-likeness (QED) is 0.728. The number of carbonyl (C=O) groups excluding carboxylic acids is 1. The normalized spacial score (nSPS) is 15.3. The van der Waals surface area contributed by atoms with E-state index in [4.69, 9.17) is 9.15 Å². The molecule has 27 heavy (non-hydrogen) atoms. The van der Waals surface area contributed by atoms with E-state index in [1.807, 2.05) is 28.8 Å². The van der Waals surface area contributed by atoms with Crippen LogP contribution in [0.2, 0.25) is 0 Å². The Hall–Kier alpha value is -2.57. The van der Waals surface area contributed by atoms with Gasteiger partial charge in [0, 0.05) is 44.9 Å². The Morgan fingerprint density at radius 2 is 2.00 bits per heavy atom. The fraction of sp³-hybridized carbons (Fsp3) is 0.381. The van der Waals surface area contributed by atoms with Crippen LogP contribution in [0, 0.1) is 6.92 Å². The molecule has 142 valence electrons. The van der Waals surface area contributed by atoms with Crippen LogP contribution in [0.3, 0.4) is 0 Å². The number of morpholine rings is 1. The highest BCUT2D eigenvalue weighted by Crippen LogP contribution is 2.23. The van der Waals surface area contributed by atoms with Gasteiger partial charge in [-0.1, -0.05) is 24.3 Å². The number of aromatic nitrogens is 1. The summed E-state index contributed by atoms with van der Waals surface area (Å²) in [6.07, 6.45) is 1.67. The molecule has 1 saturated heterocycles. The Labute approximate surface area is 158 Å². The van der Waals surface area contributed by atoms with Crippen molar-refractivity contribution in [1.29, 1.82) is 0 Å². The van der Waals surface area contributed by atoms with Crippen molar-refractivity contribution in [2.45, 2.75) is 13.5 Å². The van der Waals surface area contributed by atoms with Gasteiger partial charge in [0.2, 0.25) is 0 Å². The van der Waals surface area contributed by atoms with E-state index in [1.54, 1.807) is 6.26 Å². The van der Waals surface area contributed by atoms with Crippen LogP contribution in [-0.2, 0) is 11.3 Å². The van der Waals surface area contributed by atoms with Gasteiger partial charge in [0.25, 0.3) is 5.91 Å². The Bertz CT molecular complexity index is 922. The second-order valence-electron chi connectivity index (χ2n) is 6.92. The molecule has 0 atom stereocenters. The van der Waals surface area contributed by atoms with Crippen LogP contribution in [0.5, 0.6) is 0 Å². The maximum Gasteiger partial charge on any atom is 0.268 e.